The highest BCUT2D eigenvalue weighted by atomic mass is 35.5. The van der Waals surface area contributed by atoms with E-state index >= 15 is 0 Å². The molecule has 1 aromatic carbocycles. The molecule has 0 aliphatic heterocycles. The van der Waals surface area contributed by atoms with E-state index in [9.17, 15) is 4.79 Å². The first-order valence-corrected chi connectivity index (χ1v) is 7.86. The molecule has 20 heavy (non-hydrogen) atoms. The van der Waals surface area contributed by atoms with Gasteiger partial charge in [-0.3, -0.25) is 4.79 Å². The van der Waals surface area contributed by atoms with E-state index in [0.29, 0.717) is 9.21 Å². The first-order valence-electron chi connectivity index (χ1n) is 5.79. The minimum Gasteiger partial charge on any atom is -0.321 e. The zero-order valence-electron chi connectivity index (χ0n) is 10.2. The van der Waals surface area contributed by atoms with Gasteiger partial charge in [-0.05, 0) is 36.4 Å². The molecule has 0 saturated heterocycles. The molecule has 0 bridgehead atoms. The van der Waals surface area contributed by atoms with Gasteiger partial charge in [0.25, 0.3) is 5.91 Å². The van der Waals surface area contributed by atoms with E-state index in [1.165, 1.54) is 11.3 Å². The average molecular weight is 321 g/mol. The monoisotopic (exact) mass is 320 g/mol. The van der Waals surface area contributed by atoms with Crippen molar-refractivity contribution >= 4 is 45.9 Å². The molecule has 0 saturated carbocycles. The van der Waals surface area contributed by atoms with E-state index in [0.717, 1.165) is 16.3 Å². The van der Waals surface area contributed by atoms with Crippen LogP contribution in [-0.2, 0) is 0 Å². The number of hydrogen-bond acceptors (Lipinski definition) is 4. The number of amides is 1. The highest BCUT2D eigenvalue weighted by Crippen LogP contribution is 2.25. The summed E-state index contributed by atoms with van der Waals surface area (Å²) in [4.78, 5) is 16.8. The zero-order valence-corrected chi connectivity index (χ0v) is 12.6. The van der Waals surface area contributed by atoms with Crippen LogP contribution in [-0.4, -0.2) is 10.9 Å². The number of anilines is 1. The highest BCUT2D eigenvalue weighted by molar-refractivity contribution is 7.18. The SMILES string of the molecule is O=C(Nc1ccc(-c2nccs2)cc1)c1ccc(Cl)s1. The maximum absolute atomic E-state index is 12.0. The van der Waals surface area contributed by atoms with Crippen LogP contribution in [0.2, 0.25) is 4.34 Å². The van der Waals surface area contributed by atoms with Crippen LogP contribution in [0.5, 0.6) is 0 Å². The number of nitrogens with one attached hydrogen (secondary N) is 1. The molecule has 100 valence electrons. The fraction of sp³-hybridized carbons (Fsp3) is 0. The Labute approximate surface area is 128 Å². The second kappa shape index (κ2) is 5.75. The third-order valence-corrected chi connectivity index (χ3v) is 4.67. The number of carbonyl (C=O) groups excluding carboxylic acids is 1. The van der Waals surface area contributed by atoms with Gasteiger partial charge in [-0.15, -0.1) is 22.7 Å². The number of halogens is 1. The van der Waals surface area contributed by atoms with Crippen molar-refractivity contribution in [2.24, 2.45) is 0 Å². The third-order valence-electron chi connectivity index (χ3n) is 2.62. The maximum Gasteiger partial charge on any atom is 0.265 e. The van der Waals surface area contributed by atoms with Gasteiger partial charge >= 0.3 is 0 Å². The van der Waals surface area contributed by atoms with E-state index in [-0.39, 0.29) is 5.91 Å². The summed E-state index contributed by atoms with van der Waals surface area (Å²) < 4.78 is 0.606. The fourth-order valence-corrected chi connectivity index (χ4v) is 3.27. The summed E-state index contributed by atoms with van der Waals surface area (Å²) in [6, 6.07) is 11.0. The molecular weight excluding hydrogens is 312 g/mol. The van der Waals surface area contributed by atoms with Gasteiger partial charge in [0.2, 0.25) is 0 Å². The van der Waals surface area contributed by atoms with Crippen molar-refractivity contribution < 1.29 is 4.79 Å². The normalized spacial score (nSPS) is 10.4. The summed E-state index contributed by atoms with van der Waals surface area (Å²) in [7, 11) is 0. The fourth-order valence-electron chi connectivity index (χ4n) is 1.69. The Morgan fingerprint density at radius 3 is 2.55 bits per heavy atom. The molecule has 0 radical (unpaired) electrons. The molecule has 3 rings (SSSR count). The summed E-state index contributed by atoms with van der Waals surface area (Å²) in [5.41, 5.74) is 1.79. The molecule has 3 aromatic rings. The van der Waals surface area contributed by atoms with Gasteiger partial charge in [0, 0.05) is 22.8 Å². The molecular formula is C14H9ClN2OS2. The molecule has 1 amide bonds. The van der Waals surface area contributed by atoms with Gasteiger partial charge in [0.05, 0.1) is 9.21 Å². The van der Waals surface area contributed by atoms with Crippen LogP contribution in [0.3, 0.4) is 0 Å². The van der Waals surface area contributed by atoms with Gasteiger partial charge < -0.3 is 5.32 Å². The van der Waals surface area contributed by atoms with E-state index in [4.69, 9.17) is 11.6 Å². The van der Waals surface area contributed by atoms with Crippen LogP contribution in [0.15, 0.2) is 48.0 Å². The van der Waals surface area contributed by atoms with Gasteiger partial charge in [-0.25, -0.2) is 4.98 Å². The number of aromatic nitrogens is 1. The number of thiazole rings is 1. The lowest BCUT2D eigenvalue weighted by atomic mass is 10.2. The molecule has 0 unspecified atom stereocenters. The topological polar surface area (TPSA) is 42.0 Å². The predicted molar refractivity (Wildman–Crippen MR) is 84.8 cm³/mol. The molecule has 6 heteroatoms. The Balaban J connectivity index is 1.74. The van der Waals surface area contributed by atoms with Crippen molar-refractivity contribution in [3.8, 4) is 10.6 Å². The summed E-state index contributed by atoms with van der Waals surface area (Å²) >= 11 is 8.66. The quantitative estimate of drug-likeness (QED) is 0.754. The lowest BCUT2D eigenvalue weighted by Crippen LogP contribution is -2.09. The van der Waals surface area contributed by atoms with Crippen LogP contribution in [0.25, 0.3) is 10.6 Å². The number of nitrogens with zero attached hydrogens (tertiary/aromatic N) is 1. The molecule has 0 atom stereocenters. The van der Waals surface area contributed by atoms with Crippen LogP contribution < -0.4 is 5.32 Å². The summed E-state index contributed by atoms with van der Waals surface area (Å²) in [6.45, 7) is 0. The van der Waals surface area contributed by atoms with Gasteiger partial charge in [-0.1, -0.05) is 11.6 Å². The third kappa shape index (κ3) is 2.90. The molecule has 2 heterocycles. The lowest BCUT2D eigenvalue weighted by molar-refractivity contribution is 0.103. The standard InChI is InChI=1S/C14H9ClN2OS2/c15-12-6-5-11(20-12)13(18)17-10-3-1-9(2-4-10)14-16-7-8-19-14/h1-8H,(H,17,18). The number of carbonyl (C=O) groups is 1. The number of hydrogen-bond donors (Lipinski definition) is 1. The predicted octanol–water partition coefficient (Wildman–Crippen LogP) is 4.78. The van der Waals surface area contributed by atoms with Crippen molar-refractivity contribution in [2.75, 3.05) is 5.32 Å². The molecule has 0 aliphatic rings. The molecule has 3 nitrogen and oxygen atoms in total. The van der Waals surface area contributed by atoms with Crippen LogP contribution in [0.4, 0.5) is 5.69 Å². The second-order valence-corrected chi connectivity index (χ2v) is 6.58. The summed E-state index contributed by atoms with van der Waals surface area (Å²) in [6.07, 6.45) is 1.77. The van der Waals surface area contributed by atoms with Gasteiger partial charge in [-0.2, -0.15) is 0 Å². The maximum atomic E-state index is 12.0. The van der Waals surface area contributed by atoms with Crippen LogP contribution in [0.1, 0.15) is 9.67 Å². The average Bonchev–Trinajstić information content (AvgIpc) is 3.10. The summed E-state index contributed by atoms with van der Waals surface area (Å²) in [5.74, 6) is -0.149. The van der Waals surface area contributed by atoms with Crippen molar-refractivity contribution in [1.29, 1.82) is 0 Å². The zero-order chi connectivity index (χ0) is 13.9. The van der Waals surface area contributed by atoms with E-state index in [2.05, 4.69) is 10.3 Å². The Bertz CT molecular complexity index is 720. The van der Waals surface area contributed by atoms with Gasteiger partial charge in [0.15, 0.2) is 0 Å². The number of benzene rings is 1. The molecule has 0 aliphatic carbocycles. The van der Waals surface area contributed by atoms with Gasteiger partial charge in [0.1, 0.15) is 5.01 Å². The minimum atomic E-state index is -0.149. The molecule has 0 fully saturated rings. The van der Waals surface area contributed by atoms with E-state index < -0.39 is 0 Å². The van der Waals surface area contributed by atoms with Crippen LogP contribution >= 0.6 is 34.3 Å². The lowest BCUT2D eigenvalue weighted by Gasteiger charge is -2.04. The van der Waals surface area contributed by atoms with Crippen molar-refractivity contribution in [3.63, 3.8) is 0 Å². The largest absolute Gasteiger partial charge is 0.321 e. The summed E-state index contributed by atoms with van der Waals surface area (Å²) in [5, 5.41) is 5.74. The van der Waals surface area contributed by atoms with Crippen molar-refractivity contribution in [3.05, 3.63) is 57.2 Å². The van der Waals surface area contributed by atoms with Crippen molar-refractivity contribution in [1.82, 2.24) is 4.98 Å². The molecule has 1 N–H and O–H groups in total. The Morgan fingerprint density at radius 1 is 1.15 bits per heavy atom. The first-order chi connectivity index (χ1) is 9.72. The molecule has 0 spiro atoms. The highest BCUT2D eigenvalue weighted by Gasteiger charge is 2.09. The van der Waals surface area contributed by atoms with E-state index in [1.807, 2.05) is 29.6 Å². The Kier molecular flexibility index (Phi) is 3.82. The second-order valence-electron chi connectivity index (χ2n) is 3.97. The van der Waals surface area contributed by atoms with E-state index in [1.54, 1.807) is 29.7 Å². The van der Waals surface area contributed by atoms with Crippen molar-refractivity contribution in [2.45, 2.75) is 0 Å². The minimum absolute atomic E-state index is 0.149. The number of thiophene rings is 1. The Morgan fingerprint density at radius 2 is 1.95 bits per heavy atom. The van der Waals surface area contributed by atoms with Crippen LogP contribution in [0, 0.1) is 0 Å². The number of rotatable bonds is 3. The smallest absolute Gasteiger partial charge is 0.265 e. The Hall–Kier alpha value is -1.69. The molecule has 2 aromatic heterocycles. The first kappa shape index (κ1) is 13.3.